The van der Waals surface area contributed by atoms with Crippen LogP contribution in [0.15, 0.2) is 59.8 Å². The smallest absolute Gasteiger partial charge is 0.352 e. The predicted octanol–water partition coefficient (Wildman–Crippen LogP) is 4.82. The minimum Gasteiger partial charge on any atom is -0.352 e. The minimum absolute atomic E-state index is 0.0406. The molecule has 1 aliphatic rings. The van der Waals surface area contributed by atoms with Gasteiger partial charge in [-0.15, -0.1) is 0 Å². The van der Waals surface area contributed by atoms with E-state index in [0.29, 0.717) is 29.7 Å². The molecule has 3 aromatic rings. The first-order chi connectivity index (χ1) is 16.5. The van der Waals surface area contributed by atoms with Crippen LogP contribution in [0.3, 0.4) is 0 Å². The van der Waals surface area contributed by atoms with Gasteiger partial charge >= 0.3 is 6.18 Å². The van der Waals surface area contributed by atoms with E-state index in [1.165, 1.54) is 30.5 Å². The standard InChI is InChI=1S/C23H18ClF4N3O3S/c24-18-12-29-19(13-1-8-21(30-10-13)23(26,27)28)9-14(18)11-31-22(32)17-6-7-20(17)35(33,34)16-4-2-15(25)3-5-16/h1-5,8-10,12,17,20H,6-7,11H2,(H,31,32)/t17-,20?/m1/s1. The fourth-order valence-corrected chi connectivity index (χ4v) is 5.91. The number of amides is 1. The lowest BCUT2D eigenvalue weighted by Gasteiger charge is -2.34. The van der Waals surface area contributed by atoms with Crippen LogP contribution in [0, 0.1) is 11.7 Å². The van der Waals surface area contributed by atoms with E-state index in [2.05, 4.69) is 15.3 Å². The number of sulfone groups is 1. The number of hydrogen-bond donors (Lipinski definition) is 1. The molecule has 1 N–H and O–H groups in total. The second kappa shape index (κ2) is 9.54. The lowest BCUT2D eigenvalue weighted by Crippen LogP contribution is -2.47. The molecular formula is C23H18ClF4N3O3S. The molecule has 6 nitrogen and oxygen atoms in total. The molecule has 0 bridgehead atoms. The van der Waals surface area contributed by atoms with Gasteiger partial charge in [0.05, 0.1) is 26.8 Å². The number of halogens is 5. The zero-order valence-electron chi connectivity index (χ0n) is 17.9. The van der Waals surface area contributed by atoms with Crippen molar-refractivity contribution in [3.8, 4) is 11.3 Å². The molecule has 1 saturated carbocycles. The molecule has 2 atom stereocenters. The number of carbonyl (C=O) groups is 1. The quantitative estimate of drug-likeness (QED) is 0.366. The number of rotatable bonds is 6. The first-order valence-corrected chi connectivity index (χ1v) is 12.3. The zero-order chi connectivity index (χ0) is 25.4. The monoisotopic (exact) mass is 527 g/mol. The summed E-state index contributed by atoms with van der Waals surface area (Å²) in [5.74, 6) is -1.81. The summed E-state index contributed by atoms with van der Waals surface area (Å²) in [6.45, 7) is -0.0406. The average molecular weight is 528 g/mol. The van der Waals surface area contributed by atoms with Gasteiger partial charge in [0.2, 0.25) is 5.91 Å². The second-order valence-corrected chi connectivity index (χ2v) is 10.6. The molecule has 2 heterocycles. The van der Waals surface area contributed by atoms with Crippen LogP contribution in [-0.2, 0) is 27.4 Å². The first-order valence-electron chi connectivity index (χ1n) is 10.4. The molecule has 12 heteroatoms. The third kappa shape index (κ3) is 5.30. The predicted molar refractivity (Wildman–Crippen MR) is 119 cm³/mol. The topological polar surface area (TPSA) is 89.0 Å². The van der Waals surface area contributed by atoms with E-state index in [1.54, 1.807) is 0 Å². The molecule has 1 amide bonds. The van der Waals surface area contributed by atoms with E-state index in [9.17, 15) is 30.8 Å². The maximum atomic E-state index is 13.1. The van der Waals surface area contributed by atoms with Crippen molar-refractivity contribution >= 4 is 27.3 Å². The van der Waals surface area contributed by atoms with E-state index in [-0.39, 0.29) is 16.5 Å². The third-order valence-corrected chi connectivity index (χ3v) is 8.46. The molecular weight excluding hydrogens is 510 g/mol. The van der Waals surface area contributed by atoms with Crippen molar-refractivity contribution in [2.45, 2.75) is 35.7 Å². The summed E-state index contributed by atoms with van der Waals surface area (Å²) in [6, 6.07) is 8.03. The molecule has 1 unspecified atom stereocenters. The molecule has 1 aromatic carbocycles. The SMILES string of the molecule is O=C(NCc1cc(-c2ccc(C(F)(F)F)nc2)ncc1Cl)[C@@H]1CCC1S(=O)(=O)c1ccc(F)cc1. The summed E-state index contributed by atoms with van der Waals surface area (Å²) in [7, 11) is -3.81. The summed E-state index contributed by atoms with van der Waals surface area (Å²) in [5.41, 5.74) is 0.0440. The maximum Gasteiger partial charge on any atom is 0.433 e. The first kappa shape index (κ1) is 25.1. The van der Waals surface area contributed by atoms with Crippen LogP contribution >= 0.6 is 11.6 Å². The largest absolute Gasteiger partial charge is 0.433 e. The normalized spacial score (nSPS) is 18.1. The number of pyridine rings is 2. The van der Waals surface area contributed by atoms with Gasteiger partial charge in [0.15, 0.2) is 9.84 Å². The van der Waals surface area contributed by atoms with Gasteiger partial charge in [-0.3, -0.25) is 14.8 Å². The van der Waals surface area contributed by atoms with Crippen molar-refractivity contribution in [1.29, 1.82) is 0 Å². The van der Waals surface area contributed by atoms with Gasteiger partial charge < -0.3 is 5.32 Å². The van der Waals surface area contributed by atoms with Crippen molar-refractivity contribution in [2.24, 2.45) is 5.92 Å². The van der Waals surface area contributed by atoms with Gasteiger partial charge in [0.1, 0.15) is 11.5 Å². The molecule has 1 fully saturated rings. The van der Waals surface area contributed by atoms with E-state index in [4.69, 9.17) is 11.6 Å². The van der Waals surface area contributed by atoms with Gasteiger partial charge in [0, 0.05) is 24.5 Å². The number of alkyl halides is 3. The number of benzene rings is 1. The second-order valence-electron chi connectivity index (χ2n) is 8.03. The Labute approximate surface area is 203 Å². The summed E-state index contributed by atoms with van der Waals surface area (Å²) in [5, 5.41) is 1.97. The summed E-state index contributed by atoms with van der Waals surface area (Å²) < 4.78 is 77.1. The van der Waals surface area contributed by atoms with Gasteiger partial charge in [-0.1, -0.05) is 11.6 Å². The third-order valence-electron chi connectivity index (χ3n) is 5.83. The Morgan fingerprint density at radius 3 is 2.34 bits per heavy atom. The van der Waals surface area contributed by atoms with Crippen molar-refractivity contribution in [2.75, 3.05) is 0 Å². The van der Waals surface area contributed by atoms with Crippen LogP contribution in [0.1, 0.15) is 24.1 Å². The zero-order valence-corrected chi connectivity index (χ0v) is 19.5. The van der Waals surface area contributed by atoms with Crippen LogP contribution in [0.4, 0.5) is 17.6 Å². The van der Waals surface area contributed by atoms with Crippen LogP contribution in [0.5, 0.6) is 0 Å². The number of nitrogens with zero attached hydrogens (tertiary/aromatic N) is 2. The number of carbonyl (C=O) groups excluding carboxylic acids is 1. The minimum atomic E-state index is -4.56. The lowest BCUT2D eigenvalue weighted by molar-refractivity contribution is -0.141. The molecule has 0 saturated heterocycles. The average Bonchev–Trinajstić information content (AvgIpc) is 2.77. The van der Waals surface area contributed by atoms with E-state index in [1.807, 2.05) is 0 Å². The molecule has 4 rings (SSSR count). The maximum absolute atomic E-state index is 13.1. The lowest BCUT2D eigenvalue weighted by atomic mass is 9.84. The van der Waals surface area contributed by atoms with Gasteiger partial charge in [-0.05, 0) is 60.9 Å². The fourth-order valence-electron chi connectivity index (χ4n) is 3.74. The van der Waals surface area contributed by atoms with Crippen LogP contribution in [0.2, 0.25) is 5.02 Å². The summed E-state index contributed by atoms with van der Waals surface area (Å²) in [4.78, 5) is 20.2. The highest BCUT2D eigenvalue weighted by molar-refractivity contribution is 7.92. The highest BCUT2D eigenvalue weighted by Gasteiger charge is 2.45. The van der Waals surface area contributed by atoms with Gasteiger partial charge in [-0.2, -0.15) is 13.2 Å². The summed E-state index contributed by atoms with van der Waals surface area (Å²) in [6.07, 6.45) is -1.53. The van der Waals surface area contributed by atoms with Crippen molar-refractivity contribution in [1.82, 2.24) is 15.3 Å². The fraction of sp³-hybridized carbons (Fsp3) is 0.261. The molecule has 0 radical (unpaired) electrons. The highest BCUT2D eigenvalue weighted by Crippen LogP contribution is 2.37. The molecule has 184 valence electrons. The Morgan fingerprint density at radius 2 is 1.77 bits per heavy atom. The van der Waals surface area contributed by atoms with Gasteiger partial charge in [0.25, 0.3) is 0 Å². The van der Waals surface area contributed by atoms with E-state index in [0.717, 1.165) is 24.4 Å². The van der Waals surface area contributed by atoms with Crippen LogP contribution in [-0.4, -0.2) is 29.5 Å². The molecule has 0 spiro atoms. The van der Waals surface area contributed by atoms with Gasteiger partial charge in [-0.25, -0.2) is 12.8 Å². The number of nitrogens with one attached hydrogen (secondary N) is 1. The highest BCUT2D eigenvalue weighted by atomic mass is 35.5. The summed E-state index contributed by atoms with van der Waals surface area (Å²) >= 11 is 6.17. The Hall–Kier alpha value is -3.05. The Bertz CT molecular complexity index is 1350. The van der Waals surface area contributed by atoms with Crippen LogP contribution < -0.4 is 5.32 Å². The van der Waals surface area contributed by atoms with E-state index < -0.39 is 44.6 Å². The Balaban J connectivity index is 1.45. The van der Waals surface area contributed by atoms with Crippen molar-refractivity contribution in [3.05, 3.63) is 77.0 Å². The molecule has 1 aliphatic carbocycles. The number of aromatic nitrogens is 2. The van der Waals surface area contributed by atoms with Crippen molar-refractivity contribution in [3.63, 3.8) is 0 Å². The molecule has 35 heavy (non-hydrogen) atoms. The van der Waals surface area contributed by atoms with Crippen LogP contribution in [0.25, 0.3) is 11.3 Å². The molecule has 2 aromatic heterocycles. The Morgan fingerprint density at radius 1 is 1.06 bits per heavy atom. The number of hydrogen-bond acceptors (Lipinski definition) is 5. The van der Waals surface area contributed by atoms with E-state index >= 15 is 0 Å². The molecule has 0 aliphatic heterocycles. The van der Waals surface area contributed by atoms with Crippen molar-refractivity contribution < 1.29 is 30.8 Å². The Kier molecular flexibility index (Phi) is 6.83.